The molecule has 1 fully saturated rings. The smallest absolute Gasteiger partial charge is 0.153 e. The second-order valence-electron chi connectivity index (χ2n) is 10.5. The molecule has 4 N–H and O–H groups in total. The van der Waals surface area contributed by atoms with Gasteiger partial charge in [-0.05, 0) is 46.5 Å². The third kappa shape index (κ3) is 7.26. The van der Waals surface area contributed by atoms with Crippen LogP contribution in [0.5, 0.6) is 0 Å². The topological polar surface area (TPSA) is 92.7 Å². The molecular formula is C32H36N4O2S. The van der Waals surface area contributed by atoms with Gasteiger partial charge < -0.3 is 11.5 Å². The van der Waals surface area contributed by atoms with E-state index in [0.29, 0.717) is 37.6 Å². The molecule has 39 heavy (non-hydrogen) atoms. The first-order valence-corrected chi connectivity index (χ1v) is 15.1. The van der Waals surface area contributed by atoms with Crippen LogP contribution in [0.1, 0.15) is 22.3 Å². The lowest BCUT2D eigenvalue weighted by molar-refractivity contribution is 0.0863. The number of benzene rings is 4. The van der Waals surface area contributed by atoms with Crippen molar-refractivity contribution in [2.45, 2.75) is 38.3 Å². The number of rotatable bonds is 10. The first-order chi connectivity index (χ1) is 18.8. The highest BCUT2D eigenvalue weighted by atomic mass is 32.2. The number of nitrogen functional groups attached to an aromatic ring is 2. The summed E-state index contributed by atoms with van der Waals surface area (Å²) in [7, 11) is -3.24. The minimum absolute atomic E-state index is 0.131. The summed E-state index contributed by atoms with van der Waals surface area (Å²) in [6.45, 7) is 2.58. The molecule has 1 heterocycles. The second kappa shape index (κ2) is 12.0. The average Bonchev–Trinajstić information content (AvgIpc) is 3.27. The predicted molar refractivity (Wildman–Crippen MR) is 159 cm³/mol. The van der Waals surface area contributed by atoms with Crippen LogP contribution in [0.3, 0.4) is 0 Å². The summed E-state index contributed by atoms with van der Waals surface area (Å²) >= 11 is 0. The molecule has 1 aliphatic heterocycles. The third-order valence-corrected chi connectivity index (χ3v) is 9.12. The van der Waals surface area contributed by atoms with E-state index in [-0.39, 0.29) is 23.6 Å². The molecule has 4 aromatic rings. The van der Waals surface area contributed by atoms with E-state index in [2.05, 4.69) is 34.1 Å². The van der Waals surface area contributed by atoms with Gasteiger partial charge in [-0.15, -0.1) is 0 Å². The number of sulfone groups is 1. The minimum atomic E-state index is -3.24. The molecule has 0 aromatic heterocycles. The van der Waals surface area contributed by atoms with Crippen LogP contribution < -0.4 is 11.5 Å². The van der Waals surface area contributed by atoms with E-state index in [0.717, 1.165) is 22.3 Å². The van der Waals surface area contributed by atoms with Crippen LogP contribution >= 0.6 is 0 Å². The van der Waals surface area contributed by atoms with Crippen molar-refractivity contribution in [3.8, 4) is 0 Å². The summed E-state index contributed by atoms with van der Waals surface area (Å²) in [6, 6.07) is 35.9. The quantitative estimate of drug-likeness (QED) is 0.283. The molecule has 202 valence electrons. The molecule has 1 saturated heterocycles. The Morgan fingerprint density at radius 1 is 0.513 bits per heavy atom. The summed E-state index contributed by atoms with van der Waals surface area (Å²) in [5, 5.41) is 0. The molecule has 0 bridgehead atoms. The number of anilines is 2. The van der Waals surface area contributed by atoms with Gasteiger partial charge in [0.2, 0.25) is 0 Å². The van der Waals surface area contributed by atoms with Gasteiger partial charge in [0, 0.05) is 49.6 Å². The van der Waals surface area contributed by atoms with Crippen molar-refractivity contribution in [2.24, 2.45) is 0 Å². The highest BCUT2D eigenvalue weighted by Crippen LogP contribution is 2.29. The fourth-order valence-electron chi connectivity index (χ4n) is 5.44. The molecule has 0 aliphatic carbocycles. The normalized spacial score (nSPS) is 18.5. The van der Waals surface area contributed by atoms with Crippen molar-refractivity contribution in [1.82, 2.24) is 9.80 Å². The maximum atomic E-state index is 13.3. The van der Waals surface area contributed by atoms with E-state index in [9.17, 15) is 8.42 Å². The van der Waals surface area contributed by atoms with Crippen molar-refractivity contribution in [3.63, 3.8) is 0 Å². The van der Waals surface area contributed by atoms with Crippen molar-refractivity contribution < 1.29 is 8.42 Å². The lowest BCUT2D eigenvalue weighted by atomic mass is 10.0. The zero-order valence-corrected chi connectivity index (χ0v) is 22.9. The summed E-state index contributed by atoms with van der Waals surface area (Å²) in [4.78, 5) is 4.66. The van der Waals surface area contributed by atoms with Crippen LogP contribution in [0.2, 0.25) is 0 Å². The molecule has 5 rings (SSSR count). The summed E-state index contributed by atoms with van der Waals surface area (Å²) in [5.41, 5.74) is 17.9. The minimum Gasteiger partial charge on any atom is -0.399 e. The molecular weight excluding hydrogens is 504 g/mol. The fraction of sp³-hybridized carbons (Fsp3) is 0.250. The maximum absolute atomic E-state index is 13.3. The Labute approximate surface area is 231 Å². The van der Waals surface area contributed by atoms with Gasteiger partial charge in [0.25, 0.3) is 0 Å². The SMILES string of the molecule is Nc1ccc(CN(Cc2ccccc2)[C@@H]2CS(=O)(=O)C[C@@H]2N(Cc2ccccc2)Cc2ccc(N)cc2)cc1. The van der Waals surface area contributed by atoms with Gasteiger partial charge in [0.05, 0.1) is 11.5 Å². The van der Waals surface area contributed by atoms with Gasteiger partial charge in [-0.3, -0.25) is 9.80 Å². The van der Waals surface area contributed by atoms with E-state index in [1.54, 1.807) is 0 Å². The van der Waals surface area contributed by atoms with Crippen LogP contribution in [0.25, 0.3) is 0 Å². The average molecular weight is 541 g/mol. The van der Waals surface area contributed by atoms with Crippen molar-refractivity contribution >= 4 is 21.2 Å². The highest BCUT2D eigenvalue weighted by molar-refractivity contribution is 7.91. The molecule has 0 amide bonds. The van der Waals surface area contributed by atoms with E-state index >= 15 is 0 Å². The molecule has 0 radical (unpaired) electrons. The Kier molecular flexibility index (Phi) is 8.31. The number of hydrogen-bond donors (Lipinski definition) is 2. The Morgan fingerprint density at radius 3 is 1.15 bits per heavy atom. The molecule has 1 aliphatic rings. The van der Waals surface area contributed by atoms with Crippen LogP contribution in [-0.2, 0) is 36.0 Å². The lowest BCUT2D eigenvalue weighted by Gasteiger charge is -2.38. The Morgan fingerprint density at radius 2 is 0.821 bits per heavy atom. The fourth-order valence-corrected chi connectivity index (χ4v) is 7.48. The van der Waals surface area contributed by atoms with Crippen molar-refractivity contribution in [3.05, 3.63) is 131 Å². The molecule has 7 heteroatoms. The van der Waals surface area contributed by atoms with Crippen LogP contribution in [0, 0.1) is 0 Å². The van der Waals surface area contributed by atoms with Crippen LogP contribution in [-0.4, -0.2) is 41.8 Å². The van der Waals surface area contributed by atoms with Gasteiger partial charge in [-0.2, -0.15) is 0 Å². The Hall–Kier alpha value is -3.65. The Balaban J connectivity index is 1.51. The highest BCUT2D eigenvalue weighted by Gasteiger charge is 2.44. The maximum Gasteiger partial charge on any atom is 0.153 e. The van der Waals surface area contributed by atoms with Crippen LogP contribution in [0.15, 0.2) is 109 Å². The second-order valence-corrected chi connectivity index (χ2v) is 12.6. The third-order valence-electron chi connectivity index (χ3n) is 7.42. The van der Waals surface area contributed by atoms with Crippen molar-refractivity contribution in [1.29, 1.82) is 0 Å². The zero-order valence-electron chi connectivity index (χ0n) is 22.1. The molecule has 2 atom stereocenters. The van der Waals surface area contributed by atoms with Crippen molar-refractivity contribution in [2.75, 3.05) is 23.0 Å². The summed E-state index contributed by atoms with van der Waals surface area (Å²) in [5.74, 6) is 0.263. The largest absolute Gasteiger partial charge is 0.399 e. The van der Waals surface area contributed by atoms with Gasteiger partial charge in [0.15, 0.2) is 9.84 Å². The van der Waals surface area contributed by atoms with Gasteiger partial charge >= 0.3 is 0 Å². The van der Waals surface area contributed by atoms with E-state index in [1.165, 1.54) is 0 Å². The molecule has 0 saturated carbocycles. The predicted octanol–water partition coefficient (Wildman–Crippen LogP) is 4.72. The van der Waals surface area contributed by atoms with E-state index in [4.69, 9.17) is 11.5 Å². The molecule has 0 unspecified atom stereocenters. The zero-order chi connectivity index (χ0) is 27.2. The van der Waals surface area contributed by atoms with E-state index < -0.39 is 9.84 Å². The van der Waals surface area contributed by atoms with Crippen LogP contribution in [0.4, 0.5) is 11.4 Å². The standard InChI is InChI=1S/C32H36N4O2S/c33-29-15-11-27(12-16-29)21-35(19-25-7-3-1-4-8-25)31-23-39(37,38)24-32(31)36(20-26-9-5-2-6-10-26)22-28-13-17-30(34)18-14-28/h1-18,31-32H,19-24,33-34H2/t31-,32+. The van der Waals surface area contributed by atoms with E-state index in [1.807, 2.05) is 84.9 Å². The first-order valence-electron chi connectivity index (χ1n) is 13.3. The first kappa shape index (κ1) is 26.9. The Bertz CT molecular complexity index is 1340. The number of hydrogen-bond acceptors (Lipinski definition) is 6. The number of nitrogens with zero attached hydrogens (tertiary/aromatic N) is 2. The van der Waals surface area contributed by atoms with Gasteiger partial charge in [-0.25, -0.2) is 8.42 Å². The lowest BCUT2D eigenvalue weighted by Crippen LogP contribution is -2.50. The summed E-state index contributed by atoms with van der Waals surface area (Å²) in [6.07, 6.45) is 0. The van der Waals surface area contributed by atoms with Gasteiger partial charge in [-0.1, -0.05) is 84.9 Å². The molecule has 6 nitrogen and oxygen atoms in total. The summed E-state index contributed by atoms with van der Waals surface area (Å²) < 4.78 is 26.5. The number of nitrogens with two attached hydrogens (primary N) is 2. The van der Waals surface area contributed by atoms with Gasteiger partial charge in [0.1, 0.15) is 0 Å². The molecule has 4 aromatic carbocycles. The monoisotopic (exact) mass is 540 g/mol. The molecule has 0 spiro atoms.